The molecule has 5 nitrogen and oxygen atoms in total. The number of methoxy groups -OCH3 is 1. The van der Waals surface area contributed by atoms with Crippen LogP contribution in [0.5, 0.6) is 5.75 Å². The van der Waals surface area contributed by atoms with E-state index in [0.29, 0.717) is 17.7 Å². The Kier molecular flexibility index (Phi) is 4.10. The molecule has 1 saturated carbocycles. The van der Waals surface area contributed by atoms with Gasteiger partial charge in [0.25, 0.3) is 5.91 Å². The van der Waals surface area contributed by atoms with Crippen LogP contribution in [-0.4, -0.2) is 48.7 Å². The van der Waals surface area contributed by atoms with Crippen molar-refractivity contribution in [2.75, 3.05) is 26.9 Å². The van der Waals surface area contributed by atoms with Crippen LogP contribution in [-0.2, 0) is 4.74 Å². The lowest BCUT2D eigenvalue weighted by atomic mass is 10.1. The molecule has 126 valence electrons. The third kappa shape index (κ3) is 3.08. The van der Waals surface area contributed by atoms with Gasteiger partial charge in [-0.1, -0.05) is 6.07 Å². The number of aromatic nitrogens is 1. The van der Waals surface area contributed by atoms with Crippen LogP contribution < -0.4 is 4.74 Å². The molecule has 0 bridgehead atoms. The summed E-state index contributed by atoms with van der Waals surface area (Å²) in [5.41, 5.74) is 1.35. The fraction of sp³-hybridized carbons (Fsp3) is 0.474. The molecule has 0 N–H and O–H groups in total. The Morgan fingerprint density at radius 1 is 1.29 bits per heavy atom. The molecule has 1 amide bonds. The second-order valence-electron chi connectivity index (χ2n) is 6.67. The maximum Gasteiger partial charge on any atom is 0.272 e. The first-order valence-electron chi connectivity index (χ1n) is 8.58. The van der Waals surface area contributed by atoms with Crippen molar-refractivity contribution in [2.24, 2.45) is 5.92 Å². The number of hydrogen-bond donors (Lipinski definition) is 0. The van der Waals surface area contributed by atoms with Gasteiger partial charge >= 0.3 is 0 Å². The molecular formula is C19H22N2O3. The van der Waals surface area contributed by atoms with Gasteiger partial charge in [-0.05, 0) is 43.5 Å². The first-order chi connectivity index (χ1) is 11.7. The minimum Gasteiger partial charge on any atom is -0.497 e. The van der Waals surface area contributed by atoms with Gasteiger partial charge < -0.3 is 14.4 Å². The first kappa shape index (κ1) is 15.4. The molecule has 2 aliphatic rings. The van der Waals surface area contributed by atoms with Crippen LogP contribution in [0.2, 0.25) is 0 Å². The van der Waals surface area contributed by atoms with E-state index in [9.17, 15) is 4.79 Å². The molecular weight excluding hydrogens is 304 g/mol. The Labute approximate surface area is 141 Å². The van der Waals surface area contributed by atoms with Crippen LogP contribution in [0.4, 0.5) is 0 Å². The predicted molar refractivity (Wildman–Crippen MR) is 91.3 cm³/mol. The Bertz CT molecular complexity index is 751. The fourth-order valence-corrected chi connectivity index (χ4v) is 3.29. The van der Waals surface area contributed by atoms with E-state index in [2.05, 4.69) is 4.98 Å². The second kappa shape index (κ2) is 6.40. The van der Waals surface area contributed by atoms with Crippen LogP contribution in [0.15, 0.2) is 30.3 Å². The van der Waals surface area contributed by atoms with Gasteiger partial charge in [-0.25, -0.2) is 4.98 Å². The maximum absolute atomic E-state index is 13.0. The minimum atomic E-state index is 0.0436. The van der Waals surface area contributed by atoms with Crippen molar-refractivity contribution >= 4 is 16.8 Å². The van der Waals surface area contributed by atoms with Gasteiger partial charge in [-0.15, -0.1) is 0 Å². The Balaban J connectivity index is 1.58. The smallest absolute Gasteiger partial charge is 0.272 e. The van der Waals surface area contributed by atoms with Crippen LogP contribution in [0.1, 0.15) is 29.8 Å². The van der Waals surface area contributed by atoms with Crippen molar-refractivity contribution in [3.63, 3.8) is 0 Å². The molecule has 1 aromatic heterocycles. The van der Waals surface area contributed by atoms with Crippen molar-refractivity contribution in [2.45, 2.75) is 25.3 Å². The Morgan fingerprint density at radius 3 is 2.88 bits per heavy atom. The van der Waals surface area contributed by atoms with Gasteiger partial charge in [0.1, 0.15) is 11.4 Å². The number of amides is 1. The number of carbonyl (C=O) groups is 1. The Morgan fingerprint density at radius 2 is 2.17 bits per heavy atom. The molecule has 1 unspecified atom stereocenters. The van der Waals surface area contributed by atoms with Crippen molar-refractivity contribution < 1.29 is 14.3 Å². The number of nitrogens with zero attached hydrogens (tertiary/aromatic N) is 2. The number of hydrogen-bond acceptors (Lipinski definition) is 4. The largest absolute Gasteiger partial charge is 0.497 e. The van der Waals surface area contributed by atoms with E-state index < -0.39 is 0 Å². The predicted octanol–water partition coefficient (Wildman–Crippen LogP) is 2.88. The molecule has 4 rings (SSSR count). The molecule has 5 heteroatoms. The number of rotatable bonds is 5. The first-order valence-corrected chi connectivity index (χ1v) is 8.58. The molecule has 1 aliphatic heterocycles. The summed E-state index contributed by atoms with van der Waals surface area (Å²) < 4.78 is 10.7. The standard InChI is InChI=1S/C19H22N2O3/c1-23-16-5-7-17-14(10-16)2-6-18(20-17)19(22)21(15-3-4-15)11-13-8-9-24-12-13/h2,5-7,10,13,15H,3-4,8-9,11-12H2,1H3. The number of pyridine rings is 1. The molecule has 1 saturated heterocycles. The lowest BCUT2D eigenvalue weighted by Gasteiger charge is -2.25. The molecule has 2 fully saturated rings. The molecule has 1 aliphatic carbocycles. The van der Waals surface area contributed by atoms with Crippen LogP contribution >= 0.6 is 0 Å². The van der Waals surface area contributed by atoms with Gasteiger partial charge in [0.15, 0.2) is 0 Å². The van der Waals surface area contributed by atoms with Crippen molar-refractivity contribution in [3.05, 3.63) is 36.0 Å². The highest BCUT2D eigenvalue weighted by Crippen LogP contribution is 2.30. The summed E-state index contributed by atoms with van der Waals surface area (Å²) in [7, 11) is 1.65. The van der Waals surface area contributed by atoms with Crippen molar-refractivity contribution in [1.82, 2.24) is 9.88 Å². The summed E-state index contributed by atoms with van der Waals surface area (Å²) in [6.45, 7) is 2.36. The summed E-state index contributed by atoms with van der Waals surface area (Å²) in [6, 6.07) is 9.86. The zero-order chi connectivity index (χ0) is 16.5. The average molecular weight is 326 g/mol. The van der Waals surface area contributed by atoms with E-state index in [1.165, 1.54) is 0 Å². The quantitative estimate of drug-likeness (QED) is 0.848. The molecule has 1 atom stereocenters. The van der Waals surface area contributed by atoms with E-state index in [0.717, 1.165) is 55.7 Å². The third-order valence-electron chi connectivity index (χ3n) is 4.84. The molecule has 0 spiro atoms. The lowest BCUT2D eigenvalue weighted by molar-refractivity contribution is 0.0700. The van der Waals surface area contributed by atoms with Gasteiger partial charge in [-0.2, -0.15) is 0 Å². The van der Waals surface area contributed by atoms with Crippen molar-refractivity contribution in [1.29, 1.82) is 0 Å². The average Bonchev–Trinajstić information content (AvgIpc) is 3.34. The normalized spacial score (nSPS) is 20.3. The van der Waals surface area contributed by atoms with Crippen LogP contribution in [0.3, 0.4) is 0 Å². The molecule has 2 heterocycles. The van der Waals surface area contributed by atoms with Gasteiger partial charge in [0.05, 0.1) is 19.2 Å². The SMILES string of the molecule is COc1ccc2nc(C(=O)N(CC3CCOC3)C3CC3)ccc2c1. The zero-order valence-electron chi connectivity index (χ0n) is 13.9. The van der Waals surface area contributed by atoms with E-state index >= 15 is 0 Å². The molecule has 24 heavy (non-hydrogen) atoms. The zero-order valence-corrected chi connectivity index (χ0v) is 13.9. The monoisotopic (exact) mass is 326 g/mol. The summed E-state index contributed by atoms with van der Waals surface area (Å²) in [6.07, 6.45) is 3.25. The summed E-state index contributed by atoms with van der Waals surface area (Å²) in [5, 5.41) is 0.980. The van der Waals surface area contributed by atoms with E-state index in [1.807, 2.05) is 35.2 Å². The Hall–Kier alpha value is -2.14. The van der Waals surface area contributed by atoms with E-state index in [1.54, 1.807) is 7.11 Å². The molecule has 1 aromatic carbocycles. The number of ether oxygens (including phenoxy) is 2. The van der Waals surface area contributed by atoms with Gasteiger partial charge in [0.2, 0.25) is 0 Å². The summed E-state index contributed by atoms with van der Waals surface area (Å²) >= 11 is 0. The van der Waals surface area contributed by atoms with Crippen molar-refractivity contribution in [3.8, 4) is 5.75 Å². The highest BCUT2D eigenvalue weighted by Gasteiger charge is 2.35. The van der Waals surface area contributed by atoms with Crippen LogP contribution in [0.25, 0.3) is 10.9 Å². The van der Waals surface area contributed by atoms with Crippen LogP contribution in [0, 0.1) is 5.92 Å². The number of fused-ring (bicyclic) bond motifs is 1. The molecule has 2 aromatic rings. The summed E-state index contributed by atoms with van der Waals surface area (Å²) in [4.78, 5) is 19.6. The van der Waals surface area contributed by atoms with E-state index in [-0.39, 0.29) is 5.91 Å². The fourth-order valence-electron chi connectivity index (χ4n) is 3.29. The third-order valence-corrected chi connectivity index (χ3v) is 4.84. The minimum absolute atomic E-state index is 0.0436. The number of carbonyl (C=O) groups excluding carboxylic acids is 1. The lowest BCUT2D eigenvalue weighted by Crippen LogP contribution is -2.37. The van der Waals surface area contributed by atoms with E-state index in [4.69, 9.17) is 9.47 Å². The highest BCUT2D eigenvalue weighted by atomic mass is 16.5. The second-order valence-corrected chi connectivity index (χ2v) is 6.67. The maximum atomic E-state index is 13.0. The number of benzene rings is 1. The molecule has 0 radical (unpaired) electrons. The topological polar surface area (TPSA) is 51.7 Å². The van der Waals surface area contributed by atoms with Gasteiger partial charge in [0, 0.05) is 30.5 Å². The van der Waals surface area contributed by atoms with Gasteiger partial charge in [-0.3, -0.25) is 4.79 Å². The summed E-state index contributed by atoms with van der Waals surface area (Å²) in [5.74, 6) is 1.30. The highest BCUT2D eigenvalue weighted by molar-refractivity contribution is 5.95.